The smallest absolute Gasteiger partial charge is 0.130 e. The van der Waals surface area contributed by atoms with E-state index in [-0.39, 0.29) is 23.4 Å². The average molecular weight is 389 g/mol. The Morgan fingerprint density at radius 2 is 1.89 bits per heavy atom. The van der Waals surface area contributed by atoms with E-state index in [1.807, 2.05) is 18.2 Å². The van der Waals surface area contributed by atoms with E-state index < -0.39 is 0 Å². The van der Waals surface area contributed by atoms with Gasteiger partial charge in [0.25, 0.3) is 0 Å². The maximum absolute atomic E-state index is 11.7. The van der Waals surface area contributed by atoms with Crippen LogP contribution in [0.25, 0.3) is 0 Å². The summed E-state index contributed by atoms with van der Waals surface area (Å²) >= 11 is 0. The number of aliphatic imine (C=N–C) groups is 1. The number of nitrogens with zero attached hydrogens (tertiary/aromatic N) is 3. The van der Waals surface area contributed by atoms with Crippen LogP contribution in [0, 0.1) is 11.3 Å². The number of Topliss-reactive ketones (excluding diaryl/α,β-unsaturated/α-hetero) is 1. The molecule has 5 nitrogen and oxygen atoms in total. The van der Waals surface area contributed by atoms with Gasteiger partial charge in [-0.2, -0.15) is 0 Å². The number of carbonyl (C=O) groups is 1. The molecule has 0 aromatic heterocycles. The molecule has 1 aliphatic heterocycles. The molecule has 1 aliphatic rings. The lowest BCUT2D eigenvalue weighted by molar-refractivity contribution is -0.119. The van der Waals surface area contributed by atoms with E-state index in [1.165, 1.54) is 0 Å². The quantitative estimate of drug-likeness (QED) is 0.690. The van der Waals surface area contributed by atoms with Crippen molar-refractivity contribution in [1.29, 1.82) is 0 Å². The summed E-state index contributed by atoms with van der Waals surface area (Å²) in [5, 5.41) is 0. The second kappa shape index (κ2) is 10.7. The van der Waals surface area contributed by atoms with Gasteiger partial charge in [0.05, 0.1) is 6.04 Å². The van der Waals surface area contributed by atoms with Crippen LogP contribution in [0.5, 0.6) is 0 Å². The Morgan fingerprint density at radius 1 is 1.25 bits per heavy atom. The number of allylic oxidation sites excluding steroid dienone is 5. The highest BCUT2D eigenvalue weighted by Crippen LogP contribution is 2.26. The molecule has 5 heteroatoms. The first kappa shape index (κ1) is 24.3. The predicted octanol–water partition coefficient (Wildman–Crippen LogP) is 3.64. The van der Waals surface area contributed by atoms with Gasteiger partial charge in [0.15, 0.2) is 0 Å². The first-order valence-corrected chi connectivity index (χ1v) is 10.3. The Bertz CT molecular complexity index is 643. The second-order valence-corrected chi connectivity index (χ2v) is 8.95. The largest absolute Gasteiger partial charge is 0.376 e. The molecule has 0 radical (unpaired) electrons. The van der Waals surface area contributed by atoms with Gasteiger partial charge in [-0.3, -0.25) is 9.89 Å². The first-order valence-electron chi connectivity index (χ1n) is 10.3. The molecule has 1 rings (SSSR count). The summed E-state index contributed by atoms with van der Waals surface area (Å²) in [6.07, 6.45) is 10.5. The molecule has 0 fully saturated rings. The molecule has 2 unspecified atom stereocenters. The highest BCUT2D eigenvalue weighted by atomic mass is 16.1. The fourth-order valence-electron chi connectivity index (χ4n) is 3.77. The molecule has 0 amide bonds. The van der Waals surface area contributed by atoms with Crippen LogP contribution in [-0.2, 0) is 4.79 Å². The van der Waals surface area contributed by atoms with E-state index in [2.05, 4.69) is 70.7 Å². The minimum absolute atomic E-state index is 0.0481. The van der Waals surface area contributed by atoms with Crippen molar-refractivity contribution in [2.24, 2.45) is 22.1 Å². The van der Waals surface area contributed by atoms with E-state index in [4.69, 9.17) is 10.7 Å². The highest BCUT2D eigenvalue weighted by molar-refractivity contribution is 5.96. The van der Waals surface area contributed by atoms with Gasteiger partial charge in [0.1, 0.15) is 11.9 Å². The second-order valence-electron chi connectivity index (χ2n) is 8.95. The zero-order valence-corrected chi connectivity index (χ0v) is 19.1. The van der Waals surface area contributed by atoms with Crippen molar-refractivity contribution in [3.05, 3.63) is 36.1 Å². The normalized spacial score (nSPS) is 27.0. The molecule has 0 spiro atoms. The molecule has 2 atom stereocenters. The summed E-state index contributed by atoms with van der Waals surface area (Å²) in [5.41, 5.74) is 8.64. The van der Waals surface area contributed by atoms with Crippen LogP contribution in [-0.4, -0.2) is 60.7 Å². The van der Waals surface area contributed by atoms with Crippen LogP contribution in [0.1, 0.15) is 48.0 Å². The lowest BCUT2D eigenvalue weighted by atomic mass is 9.86. The van der Waals surface area contributed by atoms with Gasteiger partial charge in [-0.25, -0.2) is 0 Å². The van der Waals surface area contributed by atoms with Crippen molar-refractivity contribution in [3.8, 4) is 0 Å². The monoisotopic (exact) mass is 388 g/mol. The third-order valence-corrected chi connectivity index (χ3v) is 5.08. The molecule has 2 N–H and O–H groups in total. The predicted molar refractivity (Wildman–Crippen MR) is 120 cm³/mol. The maximum atomic E-state index is 11.7. The Kier molecular flexibility index (Phi) is 9.31. The molecule has 0 aromatic rings. The molecule has 0 bridgehead atoms. The lowest BCUT2D eigenvalue weighted by Crippen LogP contribution is -2.51. The third-order valence-electron chi connectivity index (χ3n) is 5.08. The zero-order valence-electron chi connectivity index (χ0n) is 19.1. The van der Waals surface area contributed by atoms with Crippen molar-refractivity contribution in [2.45, 2.75) is 60.2 Å². The number of nitrogens with two attached hydrogens (primary N) is 1. The van der Waals surface area contributed by atoms with Crippen molar-refractivity contribution in [1.82, 2.24) is 9.80 Å². The Morgan fingerprint density at radius 3 is 2.43 bits per heavy atom. The summed E-state index contributed by atoms with van der Waals surface area (Å²) in [7, 11) is 4.17. The number of hydrogen-bond acceptors (Lipinski definition) is 5. The highest BCUT2D eigenvalue weighted by Gasteiger charge is 2.31. The molecule has 0 aliphatic carbocycles. The number of ketones is 1. The van der Waals surface area contributed by atoms with Gasteiger partial charge in [-0.15, -0.1) is 0 Å². The summed E-state index contributed by atoms with van der Waals surface area (Å²) in [6.45, 7) is 14.0. The molecule has 0 aromatic carbocycles. The Labute approximate surface area is 172 Å². The molecule has 1 heterocycles. The Balaban J connectivity index is 3.33. The molecular formula is C23H40N4O. The van der Waals surface area contributed by atoms with Gasteiger partial charge in [-0.1, -0.05) is 52.8 Å². The molecular weight excluding hydrogens is 348 g/mol. The van der Waals surface area contributed by atoms with Crippen LogP contribution in [0.2, 0.25) is 0 Å². The zero-order chi connectivity index (χ0) is 21.5. The number of hydrogen-bond donors (Lipinski definition) is 1. The van der Waals surface area contributed by atoms with Crippen molar-refractivity contribution < 1.29 is 4.79 Å². The first-order chi connectivity index (χ1) is 13.0. The molecule has 28 heavy (non-hydrogen) atoms. The number of rotatable bonds is 8. The van der Waals surface area contributed by atoms with Crippen molar-refractivity contribution in [2.75, 3.05) is 27.2 Å². The number of carbonyl (C=O) groups excluding carboxylic acids is 1. The van der Waals surface area contributed by atoms with Crippen molar-refractivity contribution in [3.63, 3.8) is 0 Å². The van der Waals surface area contributed by atoms with Crippen LogP contribution in [0.4, 0.5) is 0 Å². The average Bonchev–Trinajstić information content (AvgIpc) is 2.56. The fraction of sp³-hybridized carbons (Fsp3) is 0.652. The van der Waals surface area contributed by atoms with E-state index in [9.17, 15) is 4.79 Å². The SMILES string of the molecule is CCN(C)C1/C(N(C)CC(C)(C)CC(C)=O)=C/C=C\C=C/C(C(C)C)=N/C1N. The lowest BCUT2D eigenvalue weighted by Gasteiger charge is -2.40. The van der Waals surface area contributed by atoms with Gasteiger partial charge in [0, 0.05) is 31.4 Å². The standard InChI is InChI=1S/C23H40N4O/c1-9-26(7)21-20(27(8)16-23(5,6)15-18(4)28)14-12-10-11-13-19(17(2)3)25-22(21)24/h10-14,17,21-22H,9,15-16,24H2,1-8H3/b12-10-,13-11-,20-14-,25-19-. The van der Waals surface area contributed by atoms with E-state index in [1.54, 1.807) is 6.92 Å². The van der Waals surface area contributed by atoms with Crippen molar-refractivity contribution >= 4 is 11.5 Å². The maximum Gasteiger partial charge on any atom is 0.130 e. The molecule has 0 saturated carbocycles. The van der Waals surface area contributed by atoms with Gasteiger partial charge >= 0.3 is 0 Å². The minimum atomic E-state index is -0.372. The van der Waals surface area contributed by atoms with E-state index >= 15 is 0 Å². The fourth-order valence-corrected chi connectivity index (χ4v) is 3.77. The summed E-state index contributed by atoms with van der Waals surface area (Å²) in [5.74, 6) is 0.524. The number of likely N-dealkylation sites (N-methyl/N-ethyl adjacent to an activating group) is 2. The molecule has 0 saturated heterocycles. The van der Waals surface area contributed by atoms with Crippen LogP contribution in [0.15, 0.2) is 41.1 Å². The van der Waals surface area contributed by atoms with E-state index in [0.29, 0.717) is 12.3 Å². The van der Waals surface area contributed by atoms with Crippen LogP contribution in [0.3, 0.4) is 0 Å². The van der Waals surface area contributed by atoms with E-state index in [0.717, 1.165) is 24.5 Å². The third kappa shape index (κ3) is 7.36. The summed E-state index contributed by atoms with van der Waals surface area (Å²) in [4.78, 5) is 21.0. The van der Waals surface area contributed by atoms with Gasteiger partial charge in [0.2, 0.25) is 0 Å². The minimum Gasteiger partial charge on any atom is -0.376 e. The topological polar surface area (TPSA) is 61.9 Å². The molecule has 158 valence electrons. The van der Waals surface area contributed by atoms with Gasteiger partial charge < -0.3 is 15.4 Å². The van der Waals surface area contributed by atoms with Gasteiger partial charge in [-0.05, 0) is 44.0 Å². The Hall–Kier alpha value is -1.72. The summed E-state index contributed by atoms with van der Waals surface area (Å²) < 4.78 is 0. The van der Waals surface area contributed by atoms with Crippen LogP contribution >= 0.6 is 0 Å². The summed E-state index contributed by atoms with van der Waals surface area (Å²) in [6, 6.07) is -0.0481. The van der Waals surface area contributed by atoms with Crippen LogP contribution < -0.4 is 5.73 Å².